The van der Waals surface area contributed by atoms with Gasteiger partial charge >= 0.3 is 0 Å². The lowest BCUT2D eigenvalue weighted by molar-refractivity contribution is 0.628. The molecule has 1 unspecified atom stereocenters. The number of thiazole rings is 1. The number of aryl methyl sites for hydroxylation is 3. The molecule has 0 saturated carbocycles. The van der Waals surface area contributed by atoms with E-state index in [-0.39, 0.29) is 0 Å². The van der Waals surface area contributed by atoms with Crippen LogP contribution in [0.1, 0.15) is 51.1 Å². The predicted octanol–water partition coefficient (Wildman–Crippen LogP) is 4.09. The summed E-state index contributed by atoms with van der Waals surface area (Å²) in [6.45, 7) is 5.32. The zero-order valence-electron chi connectivity index (χ0n) is 11.5. The SMILES string of the molecule is CCNC(c1ccc(C)s1)c1nc2c(s1)CCCC2. The summed E-state index contributed by atoms with van der Waals surface area (Å²) in [5.41, 5.74) is 1.36. The molecule has 1 N–H and O–H groups in total. The lowest BCUT2D eigenvalue weighted by Gasteiger charge is -2.13. The van der Waals surface area contributed by atoms with E-state index in [0.717, 1.165) is 6.54 Å². The van der Waals surface area contributed by atoms with Crippen LogP contribution in [-0.4, -0.2) is 11.5 Å². The van der Waals surface area contributed by atoms with Gasteiger partial charge in [0, 0.05) is 14.6 Å². The average molecular weight is 292 g/mol. The first kappa shape index (κ1) is 13.3. The zero-order valence-corrected chi connectivity index (χ0v) is 13.2. The Kier molecular flexibility index (Phi) is 4.01. The molecule has 1 aliphatic rings. The number of hydrogen-bond donors (Lipinski definition) is 1. The number of rotatable bonds is 4. The standard InChI is InChI=1S/C15H20N2S2/c1-3-16-14(13-9-8-10(2)18-13)15-17-11-6-4-5-7-12(11)19-15/h8-9,14,16H,3-7H2,1-2H3. The van der Waals surface area contributed by atoms with Crippen molar-refractivity contribution in [1.29, 1.82) is 0 Å². The molecule has 1 atom stereocenters. The molecule has 0 aromatic carbocycles. The Morgan fingerprint density at radius 2 is 2.11 bits per heavy atom. The Morgan fingerprint density at radius 1 is 1.26 bits per heavy atom. The molecule has 0 saturated heterocycles. The molecule has 19 heavy (non-hydrogen) atoms. The maximum absolute atomic E-state index is 4.92. The van der Waals surface area contributed by atoms with E-state index in [4.69, 9.17) is 4.98 Å². The van der Waals surface area contributed by atoms with Crippen molar-refractivity contribution in [3.8, 4) is 0 Å². The quantitative estimate of drug-likeness (QED) is 0.918. The molecule has 1 aliphatic carbocycles. The Hall–Kier alpha value is -0.710. The second-order valence-corrected chi connectivity index (χ2v) is 7.50. The monoisotopic (exact) mass is 292 g/mol. The summed E-state index contributed by atoms with van der Waals surface area (Å²) in [4.78, 5) is 9.21. The fraction of sp³-hybridized carbons (Fsp3) is 0.533. The van der Waals surface area contributed by atoms with Crippen LogP contribution < -0.4 is 5.32 Å². The number of thiophene rings is 1. The number of hydrogen-bond acceptors (Lipinski definition) is 4. The van der Waals surface area contributed by atoms with Crippen LogP contribution in [0, 0.1) is 6.92 Å². The van der Waals surface area contributed by atoms with Crippen molar-refractivity contribution in [3.05, 3.63) is 37.5 Å². The smallest absolute Gasteiger partial charge is 0.115 e. The van der Waals surface area contributed by atoms with Gasteiger partial charge < -0.3 is 5.32 Å². The van der Waals surface area contributed by atoms with E-state index < -0.39 is 0 Å². The van der Waals surface area contributed by atoms with Crippen LogP contribution in [0.2, 0.25) is 0 Å². The third-order valence-electron chi connectivity index (χ3n) is 3.56. The minimum atomic E-state index is 0.291. The van der Waals surface area contributed by atoms with Crippen molar-refractivity contribution < 1.29 is 0 Å². The molecule has 0 radical (unpaired) electrons. The van der Waals surface area contributed by atoms with E-state index in [0.29, 0.717) is 6.04 Å². The Morgan fingerprint density at radius 3 is 2.79 bits per heavy atom. The molecule has 2 nitrogen and oxygen atoms in total. The lowest BCUT2D eigenvalue weighted by Crippen LogP contribution is -2.20. The Bertz CT molecular complexity index is 533. The summed E-state index contributed by atoms with van der Waals surface area (Å²) in [5.74, 6) is 0. The average Bonchev–Trinajstić information content (AvgIpc) is 3.01. The Balaban J connectivity index is 1.93. The van der Waals surface area contributed by atoms with Gasteiger partial charge in [0.25, 0.3) is 0 Å². The lowest BCUT2D eigenvalue weighted by atomic mass is 10.0. The van der Waals surface area contributed by atoms with Crippen molar-refractivity contribution in [2.75, 3.05) is 6.54 Å². The number of nitrogens with zero attached hydrogens (tertiary/aromatic N) is 1. The fourth-order valence-electron chi connectivity index (χ4n) is 2.62. The topological polar surface area (TPSA) is 24.9 Å². The van der Waals surface area contributed by atoms with Crippen LogP contribution in [-0.2, 0) is 12.8 Å². The number of nitrogens with one attached hydrogen (secondary N) is 1. The summed E-state index contributed by atoms with van der Waals surface area (Å²) in [6, 6.07) is 4.74. The highest BCUT2D eigenvalue weighted by atomic mass is 32.1. The van der Waals surface area contributed by atoms with Gasteiger partial charge in [-0.1, -0.05) is 6.92 Å². The van der Waals surface area contributed by atoms with Crippen molar-refractivity contribution in [2.45, 2.75) is 45.6 Å². The second kappa shape index (κ2) is 5.73. The first-order valence-corrected chi connectivity index (χ1v) is 8.69. The van der Waals surface area contributed by atoms with Gasteiger partial charge in [-0.2, -0.15) is 0 Å². The van der Waals surface area contributed by atoms with E-state index in [9.17, 15) is 0 Å². The van der Waals surface area contributed by atoms with Crippen molar-refractivity contribution >= 4 is 22.7 Å². The first-order valence-electron chi connectivity index (χ1n) is 7.06. The summed E-state index contributed by atoms with van der Waals surface area (Å²) < 4.78 is 0. The molecule has 0 aliphatic heterocycles. The highest BCUT2D eigenvalue weighted by molar-refractivity contribution is 7.13. The van der Waals surface area contributed by atoms with Crippen molar-refractivity contribution in [1.82, 2.24) is 10.3 Å². The molecule has 3 rings (SSSR count). The van der Waals surface area contributed by atoms with E-state index in [1.807, 2.05) is 22.7 Å². The van der Waals surface area contributed by atoms with E-state index in [2.05, 4.69) is 31.3 Å². The molecule has 4 heteroatoms. The summed E-state index contributed by atoms with van der Waals surface area (Å²) in [6.07, 6.45) is 5.04. The molecule has 2 aromatic rings. The molecular weight excluding hydrogens is 272 g/mol. The molecule has 0 spiro atoms. The van der Waals surface area contributed by atoms with Crippen LogP contribution in [0.3, 0.4) is 0 Å². The van der Waals surface area contributed by atoms with E-state index in [1.165, 1.54) is 51.0 Å². The second-order valence-electron chi connectivity index (χ2n) is 5.07. The maximum Gasteiger partial charge on any atom is 0.115 e. The van der Waals surface area contributed by atoms with Gasteiger partial charge in [0.05, 0.1) is 11.7 Å². The van der Waals surface area contributed by atoms with Gasteiger partial charge in [-0.25, -0.2) is 4.98 Å². The zero-order chi connectivity index (χ0) is 13.2. The van der Waals surface area contributed by atoms with Gasteiger partial charge in [0.2, 0.25) is 0 Å². The van der Waals surface area contributed by atoms with Crippen LogP contribution in [0.15, 0.2) is 12.1 Å². The predicted molar refractivity (Wildman–Crippen MR) is 83.3 cm³/mol. The normalized spacial score (nSPS) is 16.3. The molecule has 0 amide bonds. The Labute approximate surface area is 122 Å². The highest BCUT2D eigenvalue weighted by Gasteiger charge is 2.22. The largest absolute Gasteiger partial charge is 0.304 e. The van der Waals surface area contributed by atoms with Crippen LogP contribution in [0.25, 0.3) is 0 Å². The van der Waals surface area contributed by atoms with Crippen LogP contribution in [0.5, 0.6) is 0 Å². The van der Waals surface area contributed by atoms with Gasteiger partial charge in [-0.15, -0.1) is 22.7 Å². The first-order chi connectivity index (χ1) is 9.28. The van der Waals surface area contributed by atoms with Crippen LogP contribution >= 0.6 is 22.7 Å². The third-order valence-corrected chi connectivity index (χ3v) is 5.85. The van der Waals surface area contributed by atoms with E-state index >= 15 is 0 Å². The highest BCUT2D eigenvalue weighted by Crippen LogP contribution is 2.34. The van der Waals surface area contributed by atoms with Gasteiger partial charge in [-0.3, -0.25) is 0 Å². The van der Waals surface area contributed by atoms with Gasteiger partial charge in [0.1, 0.15) is 5.01 Å². The minimum Gasteiger partial charge on any atom is -0.304 e. The summed E-state index contributed by atoms with van der Waals surface area (Å²) >= 11 is 3.80. The van der Waals surface area contributed by atoms with Gasteiger partial charge in [0.15, 0.2) is 0 Å². The molecule has 0 fully saturated rings. The number of aromatic nitrogens is 1. The third kappa shape index (κ3) is 2.76. The number of fused-ring (bicyclic) bond motifs is 1. The molecule has 2 heterocycles. The molecular formula is C15H20N2S2. The van der Waals surface area contributed by atoms with E-state index in [1.54, 1.807) is 0 Å². The summed E-state index contributed by atoms with van der Waals surface area (Å²) in [7, 11) is 0. The maximum atomic E-state index is 4.92. The molecule has 0 bridgehead atoms. The molecule has 102 valence electrons. The fourth-order valence-corrected chi connectivity index (χ4v) is 4.90. The minimum absolute atomic E-state index is 0.291. The van der Waals surface area contributed by atoms with Crippen LogP contribution in [0.4, 0.5) is 0 Å². The van der Waals surface area contributed by atoms with Gasteiger partial charge in [-0.05, 0) is 51.3 Å². The van der Waals surface area contributed by atoms with Crippen molar-refractivity contribution in [2.24, 2.45) is 0 Å². The summed E-state index contributed by atoms with van der Waals surface area (Å²) in [5, 5.41) is 4.86. The van der Waals surface area contributed by atoms with Crippen molar-refractivity contribution in [3.63, 3.8) is 0 Å². The molecule has 2 aromatic heterocycles.